The summed E-state index contributed by atoms with van der Waals surface area (Å²) in [5, 5.41) is 19.5. The van der Waals surface area contributed by atoms with Gasteiger partial charge in [0.2, 0.25) is 0 Å². The first-order valence-corrected chi connectivity index (χ1v) is 7.48. The Bertz CT molecular complexity index is 287. The van der Waals surface area contributed by atoms with Gasteiger partial charge in [0.1, 0.15) is 24.4 Å². The van der Waals surface area contributed by atoms with Gasteiger partial charge in [0, 0.05) is 4.43 Å². The molecule has 2 rings (SSSR count). The molecule has 0 unspecified atom stereocenters. The zero-order chi connectivity index (χ0) is 13.3. The molecule has 0 amide bonds. The molecule has 2 fully saturated rings. The first kappa shape index (κ1) is 14.9. The predicted molar refractivity (Wildman–Crippen MR) is 70.4 cm³/mol. The van der Waals surface area contributed by atoms with E-state index in [0.717, 1.165) is 4.43 Å². The third kappa shape index (κ3) is 2.97. The first-order valence-electron chi connectivity index (χ1n) is 5.96. The molecule has 2 aliphatic rings. The van der Waals surface area contributed by atoms with Crippen LogP contribution in [-0.4, -0.2) is 64.3 Å². The zero-order valence-electron chi connectivity index (χ0n) is 10.4. The second-order valence-electron chi connectivity index (χ2n) is 4.84. The van der Waals surface area contributed by atoms with Crippen molar-refractivity contribution in [3.8, 4) is 0 Å². The summed E-state index contributed by atoms with van der Waals surface area (Å²) in [6.07, 6.45) is -3.16. The molecule has 0 aromatic rings. The van der Waals surface area contributed by atoms with E-state index in [9.17, 15) is 10.2 Å². The highest BCUT2D eigenvalue weighted by Gasteiger charge is 2.56. The van der Waals surface area contributed by atoms with Crippen molar-refractivity contribution in [2.24, 2.45) is 0 Å². The molecule has 5 atom stereocenters. The highest BCUT2D eigenvalue weighted by atomic mass is 127. The Kier molecular flexibility index (Phi) is 4.85. The Hall–Kier alpha value is 0.490. The second-order valence-corrected chi connectivity index (χ2v) is 5.92. The molecule has 2 aliphatic heterocycles. The van der Waals surface area contributed by atoms with Crippen LogP contribution in [-0.2, 0) is 18.9 Å². The molecule has 2 N–H and O–H groups in total. The summed E-state index contributed by atoms with van der Waals surface area (Å²) in [7, 11) is 0. The van der Waals surface area contributed by atoms with Gasteiger partial charge < -0.3 is 29.2 Å². The SMILES string of the molecule is CC1(C)O[C@H]2O[C@H]([C@@H](CO)OCCI)[C@H](O)[C@H]2O1. The van der Waals surface area contributed by atoms with Crippen LogP contribution >= 0.6 is 22.6 Å². The molecule has 0 bridgehead atoms. The maximum atomic E-state index is 10.2. The molecule has 0 saturated carbocycles. The van der Waals surface area contributed by atoms with Crippen molar-refractivity contribution in [1.82, 2.24) is 0 Å². The molecule has 0 spiro atoms. The molecule has 106 valence electrons. The van der Waals surface area contributed by atoms with E-state index in [4.69, 9.17) is 18.9 Å². The van der Waals surface area contributed by atoms with Gasteiger partial charge in [0.05, 0.1) is 13.2 Å². The van der Waals surface area contributed by atoms with Gasteiger partial charge in [0.25, 0.3) is 0 Å². The lowest BCUT2D eigenvalue weighted by Gasteiger charge is -2.27. The standard InChI is InChI=1S/C11H19IO6/c1-11(2)17-9-7(14)8(16-10(9)18-11)6(5-13)15-4-3-12/h6-10,13-14H,3-5H2,1-2H3/t6-,7+,8-,9-,10-/m1/s1. The van der Waals surface area contributed by atoms with Crippen molar-refractivity contribution in [3.63, 3.8) is 0 Å². The van der Waals surface area contributed by atoms with Gasteiger partial charge in [-0.2, -0.15) is 0 Å². The highest BCUT2D eigenvalue weighted by molar-refractivity contribution is 14.1. The van der Waals surface area contributed by atoms with E-state index in [0.29, 0.717) is 6.61 Å². The summed E-state index contributed by atoms with van der Waals surface area (Å²) in [6, 6.07) is 0. The summed E-state index contributed by atoms with van der Waals surface area (Å²) in [5.41, 5.74) is 0. The van der Waals surface area contributed by atoms with E-state index in [2.05, 4.69) is 22.6 Å². The largest absolute Gasteiger partial charge is 0.394 e. The summed E-state index contributed by atoms with van der Waals surface area (Å²) >= 11 is 2.18. The molecule has 0 radical (unpaired) electrons. The van der Waals surface area contributed by atoms with E-state index >= 15 is 0 Å². The van der Waals surface area contributed by atoms with Crippen molar-refractivity contribution in [2.75, 3.05) is 17.6 Å². The van der Waals surface area contributed by atoms with Gasteiger partial charge in [-0.3, -0.25) is 0 Å². The van der Waals surface area contributed by atoms with Crippen LogP contribution in [0.2, 0.25) is 0 Å². The Morgan fingerprint density at radius 1 is 1.39 bits per heavy atom. The number of fused-ring (bicyclic) bond motifs is 1. The maximum absolute atomic E-state index is 10.2. The topological polar surface area (TPSA) is 77.4 Å². The molecule has 0 aromatic heterocycles. The third-order valence-electron chi connectivity index (χ3n) is 3.01. The average Bonchev–Trinajstić information content (AvgIpc) is 2.75. The summed E-state index contributed by atoms with van der Waals surface area (Å²) in [6.45, 7) is 3.83. The van der Waals surface area contributed by atoms with Crippen molar-refractivity contribution in [1.29, 1.82) is 0 Å². The molecular weight excluding hydrogens is 355 g/mol. The monoisotopic (exact) mass is 374 g/mol. The van der Waals surface area contributed by atoms with Gasteiger partial charge in [0.15, 0.2) is 12.1 Å². The fourth-order valence-corrected chi connectivity index (χ4v) is 2.53. The van der Waals surface area contributed by atoms with Gasteiger partial charge in [-0.15, -0.1) is 0 Å². The van der Waals surface area contributed by atoms with Gasteiger partial charge in [-0.1, -0.05) is 22.6 Å². The lowest BCUT2D eigenvalue weighted by atomic mass is 10.1. The molecule has 7 heteroatoms. The fraction of sp³-hybridized carbons (Fsp3) is 1.00. The highest BCUT2D eigenvalue weighted by Crippen LogP contribution is 2.38. The maximum Gasteiger partial charge on any atom is 0.190 e. The van der Waals surface area contributed by atoms with Crippen molar-refractivity contribution in [2.45, 2.75) is 50.3 Å². The van der Waals surface area contributed by atoms with Crippen LogP contribution in [0.3, 0.4) is 0 Å². The van der Waals surface area contributed by atoms with E-state index in [1.54, 1.807) is 13.8 Å². The van der Waals surface area contributed by atoms with E-state index < -0.39 is 36.5 Å². The molecule has 0 aliphatic carbocycles. The molecule has 2 saturated heterocycles. The van der Waals surface area contributed by atoms with Gasteiger partial charge >= 0.3 is 0 Å². The fourth-order valence-electron chi connectivity index (χ4n) is 2.27. The van der Waals surface area contributed by atoms with Crippen LogP contribution in [0.5, 0.6) is 0 Å². The number of aliphatic hydroxyl groups excluding tert-OH is 2. The number of hydrogen-bond acceptors (Lipinski definition) is 6. The minimum Gasteiger partial charge on any atom is -0.394 e. The summed E-state index contributed by atoms with van der Waals surface area (Å²) in [5.74, 6) is -0.751. The molecule has 18 heavy (non-hydrogen) atoms. The normalized spacial score (nSPS) is 39.8. The van der Waals surface area contributed by atoms with Crippen LogP contribution in [0.1, 0.15) is 13.8 Å². The number of alkyl halides is 1. The molecular formula is C11H19IO6. The van der Waals surface area contributed by atoms with Crippen LogP contribution < -0.4 is 0 Å². The number of hydrogen-bond donors (Lipinski definition) is 2. The second kappa shape index (κ2) is 5.86. The van der Waals surface area contributed by atoms with Crippen molar-refractivity contribution < 1.29 is 29.2 Å². The third-order valence-corrected chi connectivity index (χ3v) is 3.45. The minimum atomic E-state index is -0.858. The lowest BCUT2D eigenvalue weighted by molar-refractivity contribution is -0.230. The van der Waals surface area contributed by atoms with Crippen LogP contribution in [0.15, 0.2) is 0 Å². The van der Waals surface area contributed by atoms with Crippen LogP contribution in [0.25, 0.3) is 0 Å². The van der Waals surface area contributed by atoms with Crippen LogP contribution in [0, 0.1) is 0 Å². The molecule has 0 aromatic carbocycles. The Balaban J connectivity index is 1.97. The van der Waals surface area contributed by atoms with E-state index in [-0.39, 0.29) is 6.61 Å². The Morgan fingerprint density at radius 2 is 2.11 bits per heavy atom. The lowest BCUT2D eigenvalue weighted by Crippen LogP contribution is -2.44. The number of rotatable bonds is 5. The quantitative estimate of drug-likeness (QED) is 0.523. The number of aliphatic hydroxyl groups is 2. The number of ether oxygens (including phenoxy) is 4. The van der Waals surface area contributed by atoms with E-state index in [1.807, 2.05) is 0 Å². The Morgan fingerprint density at radius 3 is 2.67 bits per heavy atom. The summed E-state index contributed by atoms with van der Waals surface area (Å²) in [4.78, 5) is 0. The first-order chi connectivity index (χ1) is 8.48. The van der Waals surface area contributed by atoms with Crippen LogP contribution in [0.4, 0.5) is 0 Å². The average molecular weight is 374 g/mol. The van der Waals surface area contributed by atoms with E-state index in [1.165, 1.54) is 0 Å². The minimum absolute atomic E-state index is 0.207. The molecule has 2 heterocycles. The molecule has 6 nitrogen and oxygen atoms in total. The smallest absolute Gasteiger partial charge is 0.190 e. The van der Waals surface area contributed by atoms with Gasteiger partial charge in [-0.05, 0) is 13.8 Å². The summed E-state index contributed by atoms with van der Waals surface area (Å²) < 4.78 is 23.0. The Labute approximate surface area is 120 Å². The zero-order valence-corrected chi connectivity index (χ0v) is 12.6. The number of halogens is 1. The van der Waals surface area contributed by atoms with Gasteiger partial charge in [-0.25, -0.2) is 0 Å². The predicted octanol–water partition coefficient (Wildman–Crippen LogP) is 0.0362. The van der Waals surface area contributed by atoms with Crippen molar-refractivity contribution in [3.05, 3.63) is 0 Å². The van der Waals surface area contributed by atoms with Crippen molar-refractivity contribution >= 4 is 22.6 Å².